The minimum absolute atomic E-state index is 0.0525. The number of rotatable bonds is 3. The van der Waals surface area contributed by atoms with E-state index in [9.17, 15) is 4.79 Å². The second-order valence-corrected chi connectivity index (χ2v) is 1.79. The van der Waals surface area contributed by atoms with Crippen LogP contribution in [0.2, 0.25) is 0 Å². The molecule has 0 saturated heterocycles. The van der Waals surface area contributed by atoms with Crippen molar-refractivity contribution in [3.63, 3.8) is 0 Å². The van der Waals surface area contributed by atoms with Crippen molar-refractivity contribution in [2.75, 3.05) is 13.7 Å². The fraction of sp³-hybridized carbons (Fsp3) is 0.750. The summed E-state index contributed by atoms with van der Waals surface area (Å²) >= 11 is 5.19. The van der Waals surface area contributed by atoms with E-state index in [1.165, 1.54) is 7.11 Å². The number of methoxy groups -OCH3 is 1. The molecule has 0 aliphatic carbocycles. The fourth-order valence-corrected chi connectivity index (χ4v) is 0.344. The highest BCUT2D eigenvalue weighted by Crippen LogP contribution is 1.94. The van der Waals surface area contributed by atoms with Crippen LogP contribution in [0.25, 0.3) is 0 Å². The molecule has 0 aromatic rings. The number of alkyl halides is 1. The number of carboxylic acids is 1. The first-order chi connectivity index (χ1) is 3.68. The minimum atomic E-state index is -1.05. The number of carbonyl (C=O) groups is 1. The van der Waals surface area contributed by atoms with Gasteiger partial charge in [0.2, 0.25) is 0 Å². The maximum Gasteiger partial charge on any atom is 0.324 e. The third-order valence-electron chi connectivity index (χ3n) is 0.581. The Balaban J connectivity index is 3.32. The number of aliphatic carboxylic acids is 1. The van der Waals surface area contributed by atoms with Crippen molar-refractivity contribution < 1.29 is 14.6 Å². The molecule has 4 heteroatoms. The van der Waals surface area contributed by atoms with Crippen LogP contribution < -0.4 is 0 Å². The van der Waals surface area contributed by atoms with Crippen LogP contribution in [0.15, 0.2) is 0 Å². The van der Waals surface area contributed by atoms with Gasteiger partial charge >= 0.3 is 5.97 Å². The Hall–Kier alpha value is -0.280. The lowest BCUT2D eigenvalue weighted by Crippen LogP contribution is -2.18. The first kappa shape index (κ1) is 7.72. The summed E-state index contributed by atoms with van der Waals surface area (Å²) < 4.78 is 4.45. The zero-order chi connectivity index (χ0) is 6.57. The number of halogens is 1. The highest BCUT2D eigenvalue weighted by atomic mass is 35.5. The smallest absolute Gasteiger partial charge is 0.324 e. The number of hydrogen-bond donors (Lipinski definition) is 1. The normalized spacial score (nSPS) is 13.2. The Labute approximate surface area is 52.2 Å². The van der Waals surface area contributed by atoms with Gasteiger partial charge in [0, 0.05) is 7.11 Å². The van der Waals surface area contributed by atoms with Crippen LogP contribution in [0, 0.1) is 0 Å². The van der Waals surface area contributed by atoms with Crippen molar-refractivity contribution in [3.05, 3.63) is 0 Å². The van der Waals surface area contributed by atoms with Crippen molar-refractivity contribution in [2.24, 2.45) is 0 Å². The monoisotopic (exact) mass is 138 g/mol. The van der Waals surface area contributed by atoms with Crippen LogP contribution in [-0.4, -0.2) is 30.2 Å². The van der Waals surface area contributed by atoms with E-state index >= 15 is 0 Å². The van der Waals surface area contributed by atoms with Gasteiger partial charge in [-0.15, -0.1) is 11.6 Å². The number of carboxylic acid groups (broad SMARTS) is 1. The molecule has 0 aromatic heterocycles. The van der Waals surface area contributed by atoms with E-state index in [0.29, 0.717) is 0 Å². The van der Waals surface area contributed by atoms with E-state index < -0.39 is 11.3 Å². The molecule has 48 valence electrons. The summed E-state index contributed by atoms with van der Waals surface area (Å²) in [7, 11) is 1.40. The predicted molar refractivity (Wildman–Crippen MR) is 29.2 cm³/mol. The average molecular weight is 139 g/mol. The van der Waals surface area contributed by atoms with Gasteiger partial charge in [-0.25, -0.2) is 0 Å². The number of hydrogen-bond acceptors (Lipinski definition) is 2. The zero-order valence-corrected chi connectivity index (χ0v) is 5.18. The van der Waals surface area contributed by atoms with E-state index in [1.807, 2.05) is 0 Å². The second-order valence-electron chi connectivity index (χ2n) is 1.26. The van der Waals surface area contributed by atoms with Gasteiger partial charge < -0.3 is 9.84 Å². The molecule has 0 heterocycles. The van der Waals surface area contributed by atoms with Crippen molar-refractivity contribution in [3.8, 4) is 0 Å². The van der Waals surface area contributed by atoms with Gasteiger partial charge in [0.1, 0.15) is 0 Å². The largest absolute Gasteiger partial charge is 0.480 e. The molecule has 0 aromatic carbocycles. The van der Waals surface area contributed by atoms with Crippen LogP contribution in [0.3, 0.4) is 0 Å². The van der Waals surface area contributed by atoms with E-state index in [1.54, 1.807) is 0 Å². The van der Waals surface area contributed by atoms with E-state index in [0.717, 1.165) is 0 Å². The summed E-state index contributed by atoms with van der Waals surface area (Å²) in [6, 6.07) is 0. The Morgan fingerprint density at radius 3 is 2.62 bits per heavy atom. The third-order valence-corrected chi connectivity index (χ3v) is 0.894. The Kier molecular flexibility index (Phi) is 3.56. The lowest BCUT2D eigenvalue weighted by Gasteiger charge is -1.98. The highest BCUT2D eigenvalue weighted by molar-refractivity contribution is 6.29. The van der Waals surface area contributed by atoms with E-state index in [2.05, 4.69) is 4.74 Å². The average Bonchev–Trinajstić information content (AvgIpc) is 1.67. The highest BCUT2D eigenvalue weighted by Gasteiger charge is 2.11. The fourth-order valence-electron chi connectivity index (χ4n) is 0.218. The summed E-state index contributed by atoms with van der Waals surface area (Å²) in [6.45, 7) is 0.0525. The van der Waals surface area contributed by atoms with Crippen molar-refractivity contribution in [1.82, 2.24) is 0 Å². The topological polar surface area (TPSA) is 46.5 Å². The molecule has 0 amide bonds. The number of ether oxygens (including phenoxy) is 1. The lowest BCUT2D eigenvalue weighted by molar-refractivity contribution is -0.137. The predicted octanol–water partition coefficient (Wildman–Crippen LogP) is 0.325. The van der Waals surface area contributed by atoms with Crippen molar-refractivity contribution >= 4 is 17.6 Å². The molecule has 3 nitrogen and oxygen atoms in total. The molecule has 1 atom stereocenters. The first-order valence-corrected chi connectivity index (χ1v) is 2.48. The molecule has 1 unspecified atom stereocenters. The van der Waals surface area contributed by atoms with Gasteiger partial charge in [-0.2, -0.15) is 0 Å². The summed E-state index contributed by atoms with van der Waals surface area (Å²) in [4.78, 5) is 9.88. The van der Waals surface area contributed by atoms with Crippen LogP contribution >= 0.6 is 11.6 Å². The van der Waals surface area contributed by atoms with Gasteiger partial charge in [0.05, 0.1) is 6.61 Å². The molecule has 0 spiro atoms. The van der Waals surface area contributed by atoms with Crippen molar-refractivity contribution in [1.29, 1.82) is 0 Å². The van der Waals surface area contributed by atoms with Crippen LogP contribution in [-0.2, 0) is 9.53 Å². The van der Waals surface area contributed by atoms with Gasteiger partial charge in [-0.1, -0.05) is 0 Å². The van der Waals surface area contributed by atoms with Crippen LogP contribution in [0.4, 0.5) is 0 Å². The molecule has 0 saturated carbocycles. The second kappa shape index (κ2) is 3.69. The van der Waals surface area contributed by atoms with Crippen LogP contribution in [0.5, 0.6) is 0 Å². The molecule has 1 N–H and O–H groups in total. The molecular formula is C4H7ClO3. The molecule has 0 bridgehead atoms. The summed E-state index contributed by atoms with van der Waals surface area (Å²) in [5.74, 6) is -1.05. The Morgan fingerprint density at radius 2 is 2.50 bits per heavy atom. The molecule has 0 aliphatic rings. The van der Waals surface area contributed by atoms with E-state index in [-0.39, 0.29) is 6.61 Å². The maximum absolute atomic E-state index is 9.88. The molecule has 0 rings (SSSR count). The molecular weight excluding hydrogens is 131 g/mol. The quantitative estimate of drug-likeness (QED) is 0.572. The molecule has 0 radical (unpaired) electrons. The summed E-state index contributed by atoms with van der Waals surface area (Å²) in [5, 5.41) is 7.18. The third kappa shape index (κ3) is 2.82. The summed E-state index contributed by atoms with van der Waals surface area (Å²) in [5.41, 5.74) is 0. The van der Waals surface area contributed by atoms with Gasteiger partial charge in [-0.3, -0.25) is 4.79 Å². The Bertz CT molecular complexity index is 83.4. The first-order valence-electron chi connectivity index (χ1n) is 2.04. The van der Waals surface area contributed by atoms with Crippen LogP contribution in [0.1, 0.15) is 0 Å². The maximum atomic E-state index is 9.88. The van der Waals surface area contributed by atoms with Gasteiger partial charge in [-0.05, 0) is 0 Å². The molecule has 8 heavy (non-hydrogen) atoms. The molecule has 0 aliphatic heterocycles. The lowest BCUT2D eigenvalue weighted by atomic mass is 10.5. The SMILES string of the molecule is COCC(Cl)C(=O)O. The summed E-state index contributed by atoms with van der Waals surface area (Å²) in [6.07, 6.45) is 0. The molecule has 0 fully saturated rings. The zero-order valence-electron chi connectivity index (χ0n) is 4.43. The van der Waals surface area contributed by atoms with Crippen molar-refractivity contribution in [2.45, 2.75) is 5.38 Å². The Morgan fingerprint density at radius 1 is 2.00 bits per heavy atom. The minimum Gasteiger partial charge on any atom is -0.480 e. The van der Waals surface area contributed by atoms with E-state index in [4.69, 9.17) is 16.7 Å². The van der Waals surface area contributed by atoms with Gasteiger partial charge in [0.25, 0.3) is 0 Å². The standard InChI is InChI=1S/C4H7ClO3/c1-8-2-3(5)4(6)7/h3H,2H2,1H3,(H,6,7). The van der Waals surface area contributed by atoms with Gasteiger partial charge in [0.15, 0.2) is 5.38 Å².